The van der Waals surface area contributed by atoms with E-state index in [1.807, 2.05) is 13.8 Å². The molecule has 1 aliphatic carbocycles. The second kappa shape index (κ2) is 7.11. The first-order valence-corrected chi connectivity index (χ1v) is 8.29. The maximum Gasteiger partial charge on any atom is 0.309 e. The van der Waals surface area contributed by atoms with Gasteiger partial charge in [0, 0.05) is 0 Å². The quantitative estimate of drug-likeness (QED) is 0.724. The van der Waals surface area contributed by atoms with Crippen molar-refractivity contribution in [3.05, 3.63) is 34.9 Å². The lowest BCUT2D eigenvalue weighted by atomic mass is 9.89. The van der Waals surface area contributed by atoms with Crippen LogP contribution in [0.1, 0.15) is 69.8 Å². The van der Waals surface area contributed by atoms with Crippen molar-refractivity contribution >= 4 is 5.97 Å². The SMILES string of the molecule is CC(C)CC(C)C(=O)OC(C)c1ccc2c(c1)CCCC2. The van der Waals surface area contributed by atoms with Crippen LogP contribution < -0.4 is 0 Å². The summed E-state index contributed by atoms with van der Waals surface area (Å²) >= 11 is 0. The van der Waals surface area contributed by atoms with Crippen molar-refractivity contribution < 1.29 is 9.53 Å². The number of rotatable bonds is 5. The largest absolute Gasteiger partial charge is 0.458 e. The Hall–Kier alpha value is -1.31. The van der Waals surface area contributed by atoms with Gasteiger partial charge in [-0.25, -0.2) is 0 Å². The molecule has 1 aliphatic rings. The molecule has 21 heavy (non-hydrogen) atoms. The van der Waals surface area contributed by atoms with Crippen molar-refractivity contribution in [1.82, 2.24) is 0 Å². The number of hydrogen-bond acceptors (Lipinski definition) is 2. The Morgan fingerprint density at radius 2 is 1.76 bits per heavy atom. The van der Waals surface area contributed by atoms with Crippen molar-refractivity contribution in [3.8, 4) is 0 Å². The molecule has 0 aromatic heterocycles. The monoisotopic (exact) mass is 288 g/mol. The maximum absolute atomic E-state index is 12.1. The Labute approximate surface area is 128 Å². The lowest BCUT2D eigenvalue weighted by molar-refractivity contribution is -0.153. The van der Waals surface area contributed by atoms with Crippen molar-refractivity contribution in [2.75, 3.05) is 0 Å². The molecule has 0 spiro atoms. The Balaban J connectivity index is 2.00. The highest BCUT2D eigenvalue weighted by Crippen LogP contribution is 2.27. The molecule has 2 nitrogen and oxygen atoms in total. The summed E-state index contributed by atoms with van der Waals surface area (Å²) in [5, 5.41) is 0. The minimum atomic E-state index is -0.153. The van der Waals surface area contributed by atoms with E-state index < -0.39 is 0 Å². The molecule has 2 atom stereocenters. The molecule has 0 radical (unpaired) electrons. The minimum Gasteiger partial charge on any atom is -0.458 e. The highest BCUT2D eigenvalue weighted by molar-refractivity contribution is 5.72. The molecule has 0 amide bonds. The molecule has 2 rings (SSSR count). The summed E-state index contributed by atoms with van der Waals surface area (Å²) in [5.41, 5.74) is 4.04. The number of carbonyl (C=O) groups excluding carboxylic acids is 1. The zero-order chi connectivity index (χ0) is 15.4. The van der Waals surface area contributed by atoms with Gasteiger partial charge in [0.1, 0.15) is 6.10 Å². The molecular weight excluding hydrogens is 260 g/mol. The molecule has 116 valence electrons. The van der Waals surface area contributed by atoms with E-state index in [4.69, 9.17) is 4.74 Å². The van der Waals surface area contributed by atoms with Gasteiger partial charge in [0.05, 0.1) is 5.92 Å². The first kappa shape index (κ1) is 16.1. The van der Waals surface area contributed by atoms with Crippen molar-refractivity contribution in [1.29, 1.82) is 0 Å². The van der Waals surface area contributed by atoms with Gasteiger partial charge < -0.3 is 4.74 Å². The first-order chi connectivity index (χ1) is 9.97. The van der Waals surface area contributed by atoms with Gasteiger partial charge in [-0.05, 0) is 61.6 Å². The van der Waals surface area contributed by atoms with Gasteiger partial charge in [-0.3, -0.25) is 4.79 Å². The molecule has 0 bridgehead atoms. The molecule has 2 heteroatoms. The predicted molar refractivity (Wildman–Crippen MR) is 86.2 cm³/mol. The average Bonchev–Trinajstić information content (AvgIpc) is 2.45. The molecular formula is C19H28O2. The smallest absolute Gasteiger partial charge is 0.309 e. The van der Waals surface area contributed by atoms with E-state index >= 15 is 0 Å². The Morgan fingerprint density at radius 1 is 1.10 bits per heavy atom. The minimum absolute atomic E-state index is 0.0231. The summed E-state index contributed by atoms with van der Waals surface area (Å²) in [6.07, 6.45) is 5.65. The fraction of sp³-hybridized carbons (Fsp3) is 0.632. The van der Waals surface area contributed by atoms with Gasteiger partial charge in [-0.2, -0.15) is 0 Å². The summed E-state index contributed by atoms with van der Waals surface area (Å²) in [5.74, 6) is 0.422. The van der Waals surface area contributed by atoms with Crippen LogP contribution in [0.4, 0.5) is 0 Å². The lowest BCUT2D eigenvalue weighted by Crippen LogP contribution is -2.18. The Morgan fingerprint density at radius 3 is 2.43 bits per heavy atom. The predicted octanol–water partition coefficient (Wildman–Crippen LogP) is 4.85. The van der Waals surface area contributed by atoms with Crippen LogP contribution in [0.3, 0.4) is 0 Å². The fourth-order valence-electron chi connectivity index (χ4n) is 3.17. The van der Waals surface area contributed by atoms with Gasteiger partial charge in [-0.15, -0.1) is 0 Å². The van der Waals surface area contributed by atoms with Crippen LogP contribution in [0.5, 0.6) is 0 Å². The number of hydrogen-bond donors (Lipinski definition) is 0. The Kier molecular flexibility index (Phi) is 5.44. The van der Waals surface area contributed by atoms with Gasteiger partial charge in [0.2, 0.25) is 0 Å². The molecule has 0 saturated heterocycles. The second-order valence-electron chi connectivity index (χ2n) is 6.84. The summed E-state index contributed by atoms with van der Waals surface area (Å²) in [4.78, 5) is 12.1. The second-order valence-corrected chi connectivity index (χ2v) is 6.84. The summed E-state index contributed by atoms with van der Waals surface area (Å²) in [6.45, 7) is 8.21. The van der Waals surface area contributed by atoms with Crippen LogP contribution in [0.15, 0.2) is 18.2 Å². The van der Waals surface area contributed by atoms with Crippen LogP contribution in [0, 0.1) is 11.8 Å². The van der Waals surface area contributed by atoms with E-state index in [-0.39, 0.29) is 18.0 Å². The lowest BCUT2D eigenvalue weighted by Gasteiger charge is -2.21. The first-order valence-electron chi connectivity index (χ1n) is 8.29. The third-order valence-electron chi connectivity index (χ3n) is 4.36. The molecule has 0 N–H and O–H groups in total. The van der Waals surface area contributed by atoms with Crippen LogP contribution in [-0.4, -0.2) is 5.97 Å². The molecule has 0 heterocycles. The molecule has 2 unspecified atom stereocenters. The van der Waals surface area contributed by atoms with Crippen LogP contribution in [0.2, 0.25) is 0 Å². The van der Waals surface area contributed by atoms with Gasteiger partial charge in [0.15, 0.2) is 0 Å². The molecule has 1 aromatic carbocycles. The Bertz CT molecular complexity index is 490. The number of esters is 1. The number of aryl methyl sites for hydroxylation is 2. The van der Waals surface area contributed by atoms with Gasteiger partial charge >= 0.3 is 5.97 Å². The van der Waals surface area contributed by atoms with E-state index in [9.17, 15) is 4.79 Å². The third kappa shape index (κ3) is 4.33. The molecule has 0 saturated carbocycles. The van der Waals surface area contributed by atoms with E-state index in [0.717, 1.165) is 18.4 Å². The highest BCUT2D eigenvalue weighted by Gasteiger charge is 2.20. The fourth-order valence-corrected chi connectivity index (χ4v) is 3.17. The van der Waals surface area contributed by atoms with Crippen molar-refractivity contribution in [2.45, 2.75) is 65.9 Å². The molecule has 0 aliphatic heterocycles. The summed E-state index contributed by atoms with van der Waals surface area (Å²) < 4.78 is 5.65. The van der Waals surface area contributed by atoms with Crippen LogP contribution >= 0.6 is 0 Å². The van der Waals surface area contributed by atoms with Crippen molar-refractivity contribution in [2.24, 2.45) is 11.8 Å². The van der Waals surface area contributed by atoms with Gasteiger partial charge in [-0.1, -0.05) is 39.0 Å². The van der Waals surface area contributed by atoms with E-state index in [1.165, 1.54) is 30.4 Å². The van der Waals surface area contributed by atoms with E-state index in [0.29, 0.717) is 5.92 Å². The summed E-state index contributed by atoms with van der Waals surface area (Å²) in [6, 6.07) is 6.57. The number of fused-ring (bicyclic) bond motifs is 1. The third-order valence-corrected chi connectivity index (χ3v) is 4.36. The number of ether oxygens (including phenoxy) is 1. The van der Waals surface area contributed by atoms with Crippen LogP contribution in [0.25, 0.3) is 0 Å². The maximum atomic E-state index is 12.1. The van der Waals surface area contributed by atoms with Crippen molar-refractivity contribution in [3.63, 3.8) is 0 Å². The van der Waals surface area contributed by atoms with E-state index in [2.05, 4.69) is 32.0 Å². The van der Waals surface area contributed by atoms with Gasteiger partial charge in [0.25, 0.3) is 0 Å². The number of benzene rings is 1. The molecule has 0 fully saturated rings. The topological polar surface area (TPSA) is 26.3 Å². The van der Waals surface area contributed by atoms with Crippen LogP contribution in [-0.2, 0) is 22.4 Å². The van der Waals surface area contributed by atoms with E-state index in [1.54, 1.807) is 0 Å². The normalized spacial score (nSPS) is 17.2. The zero-order valence-electron chi connectivity index (χ0n) is 13.8. The summed E-state index contributed by atoms with van der Waals surface area (Å²) in [7, 11) is 0. The standard InChI is InChI=1S/C19H28O2/c1-13(2)11-14(3)19(20)21-15(4)17-10-9-16-7-5-6-8-18(16)12-17/h9-10,12-15H,5-8,11H2,1-4H3. The molecule has 1 aromatic rings. The zero-order valence-corrected chi connectivity index (χ0v) is 13.8. The highest BCUT2D eigenvalue weighted by atomic mass is 16.5. The number of carbonyl (C=O) groups is 1. The average molecular weight is 288 g/mol.